The highest BCUT2D eigenvalue weighted by Crippen LogP contribution is 2.29. The Morgan fingerprint density at radius 2 is 2.00 bits per heavy atom. The monoisotopic (exact) mass is 322 g/mol. The van der Waals surface area contributed by atoms with Crippen molar-refractivity contribution in [2.45, 2.75) is 53.0 Å². The maximum atomic E-state index is 11.9. The molecule has 0 fully saturated rings. The second-order valence-corrected chi connectivity index (χ2v) is 6.26. The van der Waals surface area contributed by atoms with Gasteiger partial charge in [-0.1, -0.05) is 38.8 Å². The molecule has 0 bridgehead atoms. The summed E-state index contributed by atoms with van der Waals surface area (Å²) < 4.78 is 5.33. The number of rotatable bonds is 9. The maximum absolute atomic E-state index is 11.9. The predicted octanol–water partition coefficient (Wildman–Crippen LogP) is 3.61. The molecule has 0 saturated carbocycles. The number of carbonyl (C=O) groups is 1. The topological polar surface area (TPSA) is 81.5 Å². The molecule has 23 heavy (non-hydrogen) atoms. The summed E-state index contributed by atoms with van der Waals surface area (Å²) in [5, 5.41) is 13.9. The first-order valence-electron chi connectivity index (χ1n) is 7.97. The Morgan fingerprint density at radius 1 is 1.30 bits per heavy atom. The molecular weight excluding hydrogens is 296 g/mol. The SMILES string of the molecule is Cc1cccc(OCC(=O)NC(C)CCCC(C)C)c1[N+](=O)[O-]. The average Bonchev–Trinajstić information content (AvgIpc) is 2.44. The van der Waals surface area contributed by atoms with Crippen LogP contribution in [0.15, 0.2) is 18.2 Å². The number of amides is 1. The number of nitrogens with zero attached hydrogens (tertiary/aromatic N) is 1. The molecule has 0 aliphatic carbocycles. The normalized spacial score (nSPS) is 12.0. The van der Waals surface area contributed by atoms with E-state index < -0.39 is 4.92 Å². The third-order valence-corrected chi connectivity index (χ3v) is 3.57. The summed E-state index contributed by atoms with van der Waals surface area (Å²) in [5.74, 6) is 0.513. The van der Waals surface area contributed by atoms with Crippen LogP contribution in [-0.4, -0.2) is 23.5 Å². The van der Waals surface area contributed by atoms with E-state index in [1.807, 2.05) is 6.92 Å². The molecule has 0 spiro atoms. The molecule has 1 amide bonds. The standard InChI is InChI=1S/C17H26N2O4/c1-12(2)7-5-9-14(4)18-16(20)11-23-15-10-6-8-13(3)17(15)19(21)22/h6,8,10,12,14H,5,7,9,11H2,1-4H3,(H,18,20). The van der Waals surface area contributed by atoms with E-state index in [4.69, 9.17) is 4.74 Å². The van der Waals surface area contributed by atoms with Gasteiger partial charge in [-0.2, -0.15) is 0 Å². The van der Waals surface area contributed by atoms with Crippen LogP contribution in [0.3, 0.4) is 0 Å². The van der Waals surface area contributed by atoms with Gasteiger partial charge in [-0.05, 0) is 32.3 Å². The molecule has 0 radical (unpaired) electrons. The van der Waals surface area contributed by atoms with Crippen LogP contribution in [0.25, 0.3) is 0 Å². The number of carbonyl (C=O) groups excluding carboxylic acids is 1. The summed E-state index contributed by atoms with van der Waals surface area (Å²) in [6.07, 6.45) is 3.10. The van der Waals surface area contributed by atoms with Crippen molar-refractivity contribution in [2.75, 3.05) is 6.61 Å². The molecular formula is C17H26N2O4. The molecule has 1 N–H and O–H groups in total. The lowest BCUT2D eigenvalue weighted by atomic mass is 10.0. The van der Waals surface area contributed by atoms with Crippen LogP contribution in [0.5, 0.6) is 5.75 Å². The third-order valence-electron chi connectivity index (χ3n) is 3.57. The summed E-state index contributed by atoms with van der Waals surface area (Å²) in [7, 11) is 0. The maximum Gasteiger partial charge on any atom is 0.313 e. The number of nitrogens with one attached hydrogen (secondary N) is 1. The number of para-hydroxylation sites is 1. The van der Waals surface area contributed by atoms with E-state index in [1.54, 1.807) is 19.1 Å². The van der Waals surface area contributed by atoms with E-state index in [2.05, 4.69) is 19.2 Å². The van der Waals surface area contributed by atoms with Gasteiger partial charge in [-0.25, -0.2) is 0 Å². The highest BCUT2D eigenvalue weighted by Gasteiger charge is 2.19. The predicted molar refractivity (Wildman–Crippen MR) is 89.6 cm³/mol. The Balaban J connectivity index is 2.48. The van der Waals surface area contributed by atoms with Gasteiger partial charge < -0.3 is 10.1 Å². The van der Waals surface area contributed by atoms with Crippen LogP contribution in [0.4, 0.5) is 5.69 Å². The lowest BCUT2D eigenvalue weighted by Crippen LogP contribution is -2.36. The van der Waals surface area contributed by atoms with Gasteiger partial charge in [-0.15, -0.1) is 0 Å². The lowest BCUT2D eigenvalue weighted by Gasteiger charge is -2.15. The fraction of sp³-hybridized carbons (Fsp3) is 0.588. The number of benzene rings is 1. The zero-order valence-electron chi connectivity index (χ0n) is 14.3. The second kappa shape index (κ2) is 9.12. The molecule has 0 aliphatic rings. The van der Waals surface area contributed by atoms with Crippen molar-refractivity contribution < 1.29 is 14.5 Å². The van der Waals surface area contributed by atoms with Crippen LogP contribution in [0, 0.1) is 23.0 Å². The molecule has 1 unspecified atom stereocenters. The minimum Gasteiger partial charge on any atom is -0.477 e. The van der Waals surface area contributed by atoms with Crippen molar-refractivity contribution in [3.63, 3.8) is 0 Å². The molecule has 1 aromatic rings. The molecule has 6 nitrogen and oxygen atoms in total. The largest absolute Gasteiger partial charge is 0.477 e. The van der Waals surface area contributed by atoms with Gasteiger partial charge in [0, 0.05) is 11.6 Å². The van der Waals surface area contributed by atoms with Crippen molar-refractivity contribution in [3.05, 3.63) is 33.9 Å². The zero-order valence-corrected chi connectivity index (χ0v) is 14.3. The lowest BCUT2D eigenvalue weighted by molar-refractivity contribution is -0.386. The Hall–Kier alpha value is -2.11. The summed E-state index contributed by atoms with van der Waals surface area (Å²) in [6, 6.07) is 4.88. The Morgan fingerprint density at radius 3 is 2.61 bits per heavy atom. The van der Waals surface area contributed by atoms with Crippen molar-refractivity contribution >= 4 is 11.6 Å². The molecule has 0 saturated heterocycles. The number of nitro groups is 1. The summed E-state index contributed by atoms with van der Waals surface area (Å²) in [5.41, 5.74) is 0.417. The van der Waals surface area contributed by atoms with Gasteiger partial charge in [0.15, 0.2) is 12.4 Å². The van der Waals surface area contributed by atoms with Crippen LogP contribution < -0.4 is 10.1 Å². The van der Waals surface area contributed by atoms with Crippen LogP contribution >= 0.6 is 0 Å². The van der Waals surface area contributed by atoms with E-state index in [-0.39, 0.29) is 30.0 Å². The smallest absolute Gasteiger partial charge is 0.313 e. The van der Waals surface area contributed by atoms with Crippen molar-refractivity contribution in [1.29, 1.82) is 0 Å². The first-order valence-corrected chi connectivity index (χ1v) is 7.97. The van der Waals surface area contributed by atoms with Crippen LogP contribution in [-0.2, 0) is 4.79 Å². The van der Waals surface area contributed by atoms with Crippen molar-refractivity contribution in [3.8, 4) is 5.75 Å². The molecule has 0 aromatic heterocycles. The molecule has 0 aliphatic heterocycles. The van der Waals surface area contributed by atoms with Crippen LogP contribution in [0.2, 0.25) is 0 Å². The van der Waals surface area contributed by atoms with E-state index >= 15 is 0 Å². The Kier molecular flexibility index (Phi) is 7.51. The zero-order chi connectivity index (χ0) is 17.4. The van der Waals surface area contributed by atoms with E-state index in [1.165, 1.54) is 6.07 Å². The highest BCUT2D eigenvalue weighted by molar-refractivity contribution is 5.78. The fourth-order valence-corrected chi connectivity index (χ4v) is 2.35. The van der Waals surface area contributed by atoms with Gasteiger partial charge in [0.25, 0.3) is 5.91 Å². The summed E-state index contributed by atoms with van der Waals surface area (Å²) in [6.45, 7) is 7.71. The summed E-state index contributed by atoms with van der Waals surface area (Å²) in [4.78, 5) is 22.5. The second-order valence-electron chi connectivity index (χ2n) is 6.26. The number of hydrogen-bond donors (Lipinski definition) is 1. The van der Waals surface area contributed by atoms with E-state index in [0.29, 0.717) is 11.5 Å². The fourth-order valence-electron chi connectivity index (χ4n) is 2.35. The van der Waals surface area contributed by atoms with Crippen molar-refractivity contribution in [2.24, 2.45) is 5.92 Å². The first kappa shape index (κ1) is 18.9. The molecule has 1 aromatic carbocycles. The summed E-state index contributed by atoms with van der Waals surface area (Å²) >= 11 is 0. The Labute approximate surface area is 137 Å². The van der Waals surface area contributed by atoms with Gasteiger partial charge in [0.2, 0.25) is 0 Å². The van der Waals surface area contributed by atoms with Crippen molar-refractivity contribution in [1.82, 2.24) is 5.32 Å². The molecule has 0 heterocycles. The number of nitro benzene ring substituents is 1. The minimum atomic E-state index is -0.489. The number of ether oxygens (including phenoxy) is 1. The first-order chi connectivity index (χ1) is 10.8. The molecule has 1 atom stereocenters. The van der Waals surface area contributed by atoms with E-state index in [9.17, 15) is 14.9 Å². The molecule has 128 valence electrons. The highest BCUT2D eigenvalue weighted by atomic mass is 16.6. The minimum absolute atomic E-state index is 0.0670. The van der Waals surface area contributed by atoms with Crippen LogP contribution in [0.1, 0.15) is 45.6 Å². The number of hydrogen-bond acceptors (Lipinski definition) is 4. The van der Waals surface area contributed by atoms with E-state index in [0.717, 1.165) is 19.3 Å². The molecule has 6 heteroatoms. The quantitative estimate of drug-likeness (QED) is 0.556. The average molecular weight is 322 g/mol. The van der Waals surface area contributed by atoms with Gasteiger partial charge in [0.1, 0.15) is 0 Å². The van der Waals surface area contributed by atoms with Gasteiger partial charge in [-0.3, -0.25) is 14.9 Å². The van der Waals surface area contributed by atoms with Gasteiger partial charge in [0.05, 0.1) is 4.92 Å². The third kappa shape index (κ3) is 6.67. The number of aryl methyl sites for hydroxylation is 1. The van der Waals surface area contributed by atoms with Gasteiger partial charge >= 0.3 is 5.69 Å². The molecule has 1 rings (SSSR count). The Bertz CT molecular complexity index is 543.